The van der Waals surface area contributed by atoms with Gasteiger partial charge in [-0.25, -0.2) is 0 Å². The molecule has 2 aromatic carbocycles. The Hall–Kier alpha value is -2.27. The van der Waals surface area contributed by atoms with Crippen LogP contribution in [0.3, 0.4) is 0 Å². The van der Waals surface area contributed by atoms with Crippen molar-refractivity contribution in [3.8, 4) is 0 Å². The fourth-order valence-electron chi connectivity index (χ4n) is 3.22. The van der Waals surface area contributed by atoms with Gasteiger partial charge in [0.15, 0.2) is 0 Å². The van der Waals surface area contributed by atoms with Crippen LogP contribution in [-0.2, 0) is 9.59 Å². The van der Waals surface area contributed by atoms with Crippen LogP contribution in [0, 0.1) is 13.8 Å². The van der Waals surface area contributed by atoms with E-state index in [2.05, 4.69) is 0 Å². The molecular formula is C21H24N2O2S. The molecule has 3 rings (SSSR count). The van der Waals surface area contributed by atoms with Crippen LogP contribution in [0.4, 0.5) is 11.4 Å². The predicted octanol–water partition coefficient (Wildman–Crippen LogP) is 4.18. The van der Waals surface area contributed by atoms with Crippen molar-refractivity contribution in [1.82, 2.24) is 0 Å². The number of hydrogen-bond donors (Lipinski definition) is 0. The average Bonchev–Trinajstić information content (AvgIpc) is 2.60. The van der Waals surface area contributed by atoms with E-state index in [1.807, 2.05) is 70.2 Å². The van der Waals surface area contributed by atoms with Crippen molar-refractivity contribution in [1.29, 1.82) is 0 Å². The molecule has 0 N–H and O–H groups in total. The SMILES string of the molecule is Cc1ccc(C)c(N(C(=O)CN2C(=O)CSc3ccccc32)C(C)C)c1. The molecule has 2 amide bonds. The Kier molecular flexibility index (Phi) is 5.37. The van der Waals surface area contributed by atoms with E-state index >= 15 is 0 Å². The van der Waals surface area contributed by atoms with Crippen molar-refractivity contribution < 1.29 is 9.59 Å². The van der Waals surface area contributed by atoms with Gasteiger partial charge in [-0.3, -0.25) is 9.59 Å². The monoisotopic (exact) mass is 368 g/mol. The number of para-hydroxylation sites is 1. The molecule has 0 spiro atoms. The maximum atomic E-state index is 13.2. The Morgan fingerprint density at radius 3 is 2.65 bits per heavy atom. The first-order valence-corrected chi connectivity index (χ1v) is 9.78. The van der Waals surface area contributed by atoms with Gasteiger partial charge in [-0.2, -0.15) is 0 Å². The summed E-state index contributed by atoms with van der Waals surface area (Å²) in [6, 6.07) is 13.9. The molecule has 0 aliphatic carbocycles. The van der Waals surface area contributed by atoms with Gasteiger partial charge in [0.25, 0.3) is 0 Å². The summed E-state index contributed by atoms with van der Waals surface area (Å²) >= 11 is 1.53. The summed E-state index contributed by atoms with van der Waals surface area (Å²) in [7, 11) is 0. The summed E-state index contributed by atoms with van der Waals surface area (Å²) in [5, 5.41) is 0. The van der Waals surface area contributed by atoms with Crippen LogP contribution in [0.15, 0.2) is 47.4 Å². The van der Waals surface area contributed by atoms with E-state index in [9.17, 15) is 9.59 Å². The Bertz CT molecular complexity index is 848. The van der Waals surface area contributed by atoms with E-state index in [1.165, 1.54) is 11.8 Å². The molecule has 0 atom stereocenters. The Balaban J connectivity index is 1.92. The molecular weight excluding hydrogens is 344 g/mol. The lowest BCUT2D eigenvalue weighted by atomic mass is 10.1. The highest BCUT2D eigenvalue weighted by atomic mass is 32.2. The molecule has 0 unspecified atom stereocenters. The normalized spacial score (nSPS) is 13.7. The summed E-state index contributed by atoms with van der Waals surface area (Å²) < 4.78 is 0. The summed E-state index contributed by atoms with van der Waals surface area (Å²) in [5.41, 5.74) is 3.90. The van der Waals surface area contributed by atoms with E-state index in [0.29, 0.717) is 5.75 Å². The van der Waals surface area contributed by atoms with E-state index < -0.39 is 0 Å². The highest BCUT2D eigenvalue weighted by Crippen LogP contribution is 2.35. The third-order valence-corrected chi connectivity index (χ3v) is 5.56. The molecule has 136 valence electrons. The van der Waals surface area contributed by atoms with Gasteiger partial charge < -0.3 is 9.80 Å². The van der Waals surface area contributed by atoms with Crippen molar-refractivity contribution in [2.24, 2.45) is 0 Å². The lowest BCUT2D eigenvalue weighted by molar-refractivity contribution is -0.121. The van der Waals surface area contributed by atoms with Gasteiger partial charge >= 0.3 is 0 Å². The molecule has 1 heterocycles. The third kappa shape index (κ3) is 3.63. The highest BCUT2D eigenvalue weighted by molar-refractivity contribution is 8.00. The highest BCUT2D eigenvalue weighted by Gasteiger charge is 2.29. The van der Waals surface area contributed by atoms with Gasteiger partial charge in [-0.1, -0.05) is 24.3 Å². The van der Waals surface area contributed by atoms with Crippen molar-refractivity contribution in [2.75, 3.05) is 22.1 Å². The summed E-state index contributed by atoms with van der Waals surface area (Å²) in [4.78, 5) is 30.1. The van der Waals surface area contributed by atoms with Gasteiger partial charge in [0, 0.05) is 16.6 Å². The minimum Gasteiger partial charge on any atom is -0.308 e. The molecule has 0 radical (unpaired) electrons. The zero-order valence-electron chi connectivity index (χ0n) is 15.7. The van der Waals surface area contributed by atoms with Crippen LogP contribution in [0.5, 0.6) is 0 Å². The topological polar surface area (TPSA) is 40.6 Å². The molecule has 0 saturated heterocycles. The first kappa shape index (κ1) is 18.5. The molecule has 26 heavy (non-hydrogen) atoms. The largest absolute Gasteiger partial charge is 0.308 e. The Morgan fingerprint density at radius 2 is 1.92 bits per heavy atom. The van der Waals surface area contributed by atoms with Crippen LogP contribution < -0.4 is 9.80 Å². The molecule has 0 fully saturated rings. The second kappa shape index (κ2) is 7.54. The number of carbonyl (C=O) groups is 2. The molecule has 5 heteroatoms. The maximum Gasteiger partial charge on any atom is 0.247 e. The summed E-state index contributed by atoms with van der Waals surface area (Å²) in [6.07, 6.45) is 0. The van der Waals surface area contributed by atoms with Gasteiger partial charge in [0.05, 0.1) is 11.4 Å². The molecule has 2 aromatic rings. The number of fused-ring (bicyclic) bond motifs is 1. The first-order chi connectivity index (χ1) is 12.4. The van der Waals surface area contributed by atoms with Gasteiger partial charge in [-0.15, -0.1) is 11.8 Å². The smallest absolute Gasteiger partial charge is 0.247 e. The average molecular weight is 369 g/mol. The standard InChI is InChI=1S/C21H24N2O2S/c1-14(2)23(18-11-15(3)9-10-16(18)4)20(24)12-22-17-7-5-6-8-19(17)26-13-21(22)25/h5-11,14H,12-13H2,1-4H3. The predicted molar refractivity (Wildman–Crippen MR) is 108 cm³/mol. The van der Waals surface area contributed by atoms with Crippen LogP contribution in [-0.4, -0.2) is 30.2 Å². The number of nitrogens with zero attached hydrogens (tertiary/aromatic N) is 2. The number of aryl methyl sites for hydroxylation is 2. The minimum absolute atomic E-state index is 0.00695. The van der Waals surface area contributed by atoms with Crippen molar-refractivity contribution in [3.05, 3.63) is 53.6 Å². The number of carbonyl (C=O) groups excluding carboxylic acids is 2. The van der Waals surface area contributed by atoms with E-state index in [4.69, 9.17) is 0 Å². The minimum atomic E-state index is -0.0660. The fourth-order valence-corrected chi connectivity index (χ4v) is 4.15. The second-order valence-electron chi connectivity index (χ2n) is 6.88. The Labute approximate surface area is 159 Å². The molecule has 4 nitrogen and oxygen atoms in total. The lowest BCUT2D eigenvalue weighted by Crippen LogP contribution is -2.47. The van der Waals surface area contributed by atoms with Gasteiger partial charge in [0.2, 0.25) is 11.8 Å². The molecule has 0 bridgehead atoms. The van der Waals surface area contributed by atoms with Crippen LogP contribution in [0.25, 0.3) is 0 Å². The molecule has 0 aromatic heterocycles. The summed E-state index contributed by atoms with van der Waals surface area (Å²) in [5.74, 6) is 0.283. The van der Waals surface area contributed by atoms with Crippen molar-refractivity contribution in [2.45, 2.75) is 38.6 Å². The number of benzene rings is 2. The third-order valence-electron chi connectivity index (χ3n) is 4.51. The fraction of sp³-hybridized carbons (Fsp3) is 0.333. The first-order valence-electron chi connectivity index (χ1n) is 8.80. The summed E-state index contributed by atoms with van der Waals surface area (Å²) in [6.45, 7) is 8.09. The second-order valence-corrected chi connectivity index (χ2v) is 7.90. The van der Waals surface area contributed by atoms with E-state index in [0.717, 1.165) is 27.4 Å². The van der Waals surface area contributed by atoms with Crippen molar-refractivity contribution >= 4 is 35.0 Å². The van der Waals surface area contributed by atoms with E-state index in [1.54, 1.807) is 9.80 Å². The zero-order valence-corrected chi connectivity index (χ0v) is 16.5. The molecule has 1 aliphatic rings. The van der Waals surface area contributed by atoms with E-state index in [-0.39, 0.29) is 24.4 Å². The van der Waals surface area contributed by atoms with Crippen molar-refractivity contribution in [3.63, 3.8) is 0 Å². The maximum absolute atomic E-state index is 13.2. The number of thioether (sulfide) groups is 1. The molecule has 0 saturated carbocycles. The van der Waals surface area contributed by atoms with Gasteiger partial charge in [-0.05, 0) is 57.0 Å². The number of rotatable bonds is 4. The molecule has 1 aliphatic heterocycles. The van der Waals surface area contributed by atoms with Gasteiger partial charge in [0.1, 0.15) is 6.54 Å². The Morgan fingerprint density at radius 1 is 1.19 bits per heavy atom. The number of anilines is 2. The van der Waals surface area contributed by atoms with Crippen LogP contribution in [0.2, 0.25) is 0 Å². The van der Waals surface area contributed by atoms with Crippen LogP contribution >= 0.6 is 11.8 Å². The lowest BCUT2D eigenvalue weighted by Gasteiger charge is -2.33. The number of amides is 2. The quantitative estimate of drug-likeness (QED) is 0.813. The number of hydrogen-bond acceptors (Lipinski definition) is 3. The zero-order chi connectivity index (χ0) is 18.8. The van der Waals surface area contributed by atoms with Crippen LogP contribution in [0.1, 0.15) is 25.0 Å².